The van der Waals surface area contributed by atoms with E-state index in [2.05, 4.69) is 10.3 Å². The number of anilines is 1. The lowest BCUT2D eigenvalue weighted by Gasteiger charge is -2.15. The number of halogens is 1. The highest BCUT2D eigenvalue weighted by atomic mass is 35.5. The first-order valence-corrected chi connectivity index (χ1v) is 4.09. The van der Waals surface area contributed by atoms with Gasteiger partial charge in [-0.1, -0.05) is 11.6 Å². The van der Waals surface area contributed by atoms with Crippen LogP contribution in [-0.4, -0.2) is 17.3 Å². The maximum atomic E-state index is 11.3. The molecule has 1 aliphatic rings. The number of carbonyl (C=O) groups excluding carboxylic acids is 1. The third kappa shape index (κ3) is 1.16. The lowest BCUT2D eigenvalue weighted by molar-refractivity contribution is 0.0979. The zero-order chi connectivity index (χ0) is 8.55. The number of aromatic nitrogens is 1. The molecule has 3 nitrogen and oxygen atoms in total. The summed E-state index contributed by atoms with van der Waals surface area (Å²) < 4.78 is 0. The number of rotatable bonds is 0. The first-order valence-electron chi connectivity index (χ1n) is 3.71. The van der Waals surface area contributed by atoms with Crippen LogP contribution in [-0.2, 0) is 0 Å². The molecule has 1 aromatic rings. The summed E-state index contributed by atoms with van der Waals surface area (Å²) in [6.07, 6.45) is 0.500. The SMILES string of the molecule is O=C1CCNc2ccc(Cl)nc21. The van der Waals surface area contributed by atoms with Gasteiger partial charge in [-0.2, -0.15) is 0 Å². The number of hydrogen-bond acceptors (Lipinski definition) is 3. The van der Waals surface area contributed by atoms with Gasteiger partial charge in [-0.3, -0.25) is 4.79 Å². The Balaban J connectivity index is 2.54. The van der Waals surface area contributed by atoms with Crippen LogP contribution in [0.4, 0.5) is 5.69 Å². The van der Waals surface area contributed by atoms with E-state index >= 15 is 0 Å². The van der Waals surface area contributed by atoms with Crippen LogP contribution in [0, 0.1) is 0 Å². The number of pyridine rings is 1. The molecule has 62 valence electrons. The van der Waals surface area contributed by atoms with Gasteiger partial charge in [0, 0.05) is 13.0 Å². The van der Waals surface area contributed by atoms with Crippen molar-refractivity contribution in [2.24, 2.45) is 0 Å². The number of hydrogen-bond donors (Lipinski definition) is 1. The summed E-state index contributed by atoms with van der Waals surface area (Å²) in [5, 5.41) is 3.44. The summed E-state index contributed by atoms with van der Waals surface area (Å²) in [7, 11) is 0. The Morgan fingerprint density at radius 2 is 2.33 bits per heavy atom. The zero-order valence-corrected chi connectivity index (χ0v) is 7.06. The second-order valence-corrected chi connectivity index (χ2v) is 3.02. The molecule has 2 heterocycles. The van der Waals surface area contributed by atoms with Crippen LogP contribution >= 0.6 is 11.6 Å². The van der Waals surface area contributed by atoms with Crippen molar-refractivity contribution in [1.82, 2.24) is 4.98 Å². The molecule has 1 aromatic heterocycles. The molecule has 0 saturated heterocycles. The van der Waals surface area contributed by atoms with E-state index in [0.717, 1.165) is 5.69 Å². The Morgan fingerprint density at radius 1 is 1.50 bits per heavy atom. The van der Waals surface area contributed by atoms with Crippen LogP contribution in [0.3, 0.4) is 0 Å². The molecule has 0 unspecified atom stereocenters. The molecule has 4 heteroatoms. The third-order valence-electron chi connectivity index (χ3n) is 1.79. The van der Waals surface area contributed by atoms with Crippen molar-refractivity contribution >= 4 is 23.1 Å². The van der Waals surface area contributed by atoms with Crippen molar-refractivity contribution in [3.63, 3.8) is 0 Å². The summed E-state index contributed by atoms with van der Waals surface area (Å²) in [5.74, 6) is 0.0613. The Hall–Kier alpha value is -1.09. The van der Waals surface area contributed by atoms with E-state index in [4.69, 9.17) is 11.6 Å². The van der Waals surface area contributed by atoms with Crippen LogP contribution in [0.15, 0.2) is 12.1 Å². The average molecular weight is 183 g/mol. The molecule has 0 radical (unpaired) electrons. The number of fused-ring (bicyclic) bond motifs is 1. The van der Waals surface area contributed by atoms with Crippen LogP contribution in [0.25, 0.3) is 0 Å². The molecule has 1 aliphatic heterocycles. The summed E-state index contributed by atoms with van der Waals surface area (Å²) in [6, 6.07) is 3.45. The molecule has 0 amide bonds. The van der Waals surface area contributed by atoms with E-state index in [1.807, 2.05) is 0 Å². The van der Waals surface area contributed by atoms with E-state index in [-0.39, 0.29) is 5.78 Å². The summed E-state index contributed by atoms with van der Waals surface area (Å²) >= 11 is 5.65. The van der Waals surface area contributed by atoms with E-state index in [9.17, 15) is 4.79 Å². The minimum Gasteiger partial charge on any atom is -0.383 e. The molecule has 0 aromatic carbocycles. The maximum Gasteiger partial charge on any atom is 0.185 e. The molecule has 0 saturated carbocycles. The highest BCUT2D eigenvalue weighted by Gasteiger charge is 2.17. The maximum absolute atomic E-state index is 11.3. The van der Waals surface area contributed by atoms with Gasteiger partial charge in [0.25, 0.3) is 0 Å². The van der Waals surface area contributed by atoms with E-state index < -0.39 is 0 Å². The third-order valence-corrected chi connectivity index (χ3v) is 2.00. The highest BCUT2D eigenvalue weighted by Crippen LogP contribution is 2.21. The molecule has 0 bridgehead atoms. The van der Waals surface area contributed by atoms with Gasteiger partial charge in [0.1, 0.15) is 10.8 Å². The molecule has 0 atom stereocenters. The van der Waals surface area contributed by atoms with Gasteiger partial charge in [0.05, 0.1) is 5.69 Å². The minimum atomic E-state index is 0.0613. The Kier molecular flexibility index (Phi) is 1.73. The number of Topliss-reactive ketones (excluding diaryl/α,β-unsaturated/α-hetero) is 1. The van der Waals surface area contributed by atoms with Gasteiger partial charge in [-0.05, 0) is 12.1 Å². The smallest absolute Gasteiger partial charge is 0.185 e. The summed E-state index contributed by atoms with van der Waals surface area (Å²) in [4.78, 5) is 15.2. The average Bonchev–Trinajstić information content (AvgIpc) is 2.07. The first kappa shape index (κ1) is 7.55. The predicted octanol–water partition coefficient (Wildman–Crippen LogP) is 1.73. The van der Waals surface area contributed by atoms with Gasteiger partial charge >= 0.3 is 0 Å². The second-order valence-electron chi connectivity index (χ2n) is 2.63. The largest absolute Gasteiger partial charge is 0.383 e. The van der Waals surface area contributed by atoms with Gasteiger partial charge in [-0.25, -0.2) is 4.98 Å². The quantitative estimate of drug-likeness (QED) is 0.622. The Bertz CT molecular complexity index is 338. The van der Waals surface area contributed by atoms with E-state index in [1.54, 1.807) is 12.1 Å². The fraction of sp³-hybridized carbons (Fsp3) is 0.250. The van der Waals surface area contributed by atoms with Crippen molar-refractivity contribution in [3.05, 3.63) is 23.0 Å². The fourth-order valence-electron chi connectivity index (χ4n) is 1.22. The fourth-order valence-corrected chi connectivity index (χ4v) is 1.37. The minimum absolute atomic E-state index is 0.0613. The van der Waals surface area contributed by atoms with Crippen molar-refractivity contribution < 1.29 is 4.79 Å². The van der Waals surface area contributed by atoms with Gasteiger partial charge < -0.3 is 5.32 Å². The lowest BCUT2D eigenvalue weighted by Crippen LogP contribution is -2.19. The topological polar surface area (TPSA) is 42.0 Å². The number of ketones is 1. The molecule has 0 fully saturated rings. The Labute approximate surface area is 74.8 Å². The standard InChI is InChI=1S/C8H7ClN2O/c9-7-2-1-5-8(11-7)6(12)3-4-10-5/h1-2,10H,3-4H2. The van der Waals surface area contributed by atoms with Gasteiger partial charge in [0.2, 0.25) is 0 Å². The predicted molar refractivity (Wildman–Crippen MR) is 46.7 cm³/mol. The molecule has 12 heavy (non-hydrogen) atoms. The molecular formula is C8H7ClN2O. The van der Waals surface area contributed by atoms with E-state index in [1.165, 1.54) is 0 Å². The van der Waals surface area contributed by atoms with Crippen molar-refractivity contribution in [2.45, 2.75) is 6.42 Å². The molecule has 0 spiro atoms. The molecule has 2 rings (SSSR count). The van der Waals surface area contributed by atoms with Crippen molar-refractivity contribution in [3.8, 4) is 0 Å². The van der Waals surface area contributed by atoms with E-state index in [0.29, 0.717) is 23.8 Å². The summed E-state index contributed by atoms with van der Waals surface area (Å²) in [5.41, 5.74) is 1.25. The second kappa shape index (κ2) is 2.75. The zero-order valence-electron chi connectivity index (χ0n) is 6.30. The number of nitrogens with zero attached hydrogens (tertiary/aromatic N) is 1. The van der Waals surface area contributed by atoms with Crippen molar-refractivity contribution in [1.29, 1.82) is 0 Å². The van der Waals surface area contributed by atoms with Crippen LogP contribution in [0.5, 0.6) is 0 Å². The number of nitrogens with one attached hydrogen (secondary N) is 1. The van der Waals surface area contributed by atoms with Gasteiger partial charge in [-0.15, -0.1) is 0 Å². The molecular weight excluding hydrogens is 176 g/mol. The monoisotopic (exact) mass is 182 g/mol. The van der Waals surface area contributed by atoms with Crippen molar-refractivity contribution in [2.75, 3.05) is 11.9 Å². The van der Waals surface area contributed by atoms with Crippen LogP contribution in [0.2, 0.25) is 5.15 Å². The highest BCUT2D eigenvalue weighted by molar-refractivity contribution is 6.29. The molecule has 0 aliphatic carbocycles. The summed E-state index contributed by atoms with van der Waals surface area (Å²) in [6.45, 7) is 0.690. The Morgan fingerprint density at radius 3 is 3.17 bits per heavy atom. The lowest BCUT2D eigenvalue weighted by atomic mass is 10.1. The normalized spacial score (nSPS) is 15.2. The molecule has 1 N–H and O–H groups in total. The van der Waals surface area contributed by atoms with Gasteiger partial charge in [0.15, 0.2) is 5.78 Å². The number of carbonyl (C=O) groups is 1. The first-order chi connectivity index (χ1) is 5.77. The van der Waals surface area contributed by atoms with Crippen LogP contribution in [0.1, 0.15) is 16.9 Å². The van der Waals surface area contributed by atoms with Crippen LogP contribution < -0.4 is 5.32 Å².